The number of nitrogens with one attached hydrogen (secondary N) is 2. The number of pyridine rings is 1. The van der Waals surface area contributed by atoms with Crippen molar-refractivity contribution in [3.63, 3.8) is 0 Å². The summed E-state index contributed by atoms with van der Waals surface area (Å²) in [6, 6.07) is 11.0. The van der Waals surface area contributed by atoms with Gasteiger partial charge in [-0.25, -0.2) is 0 Å². The SMILES string of the molecule is COc1cc(NC(=O)CCc2cc3ccc(C)cc3[nH]c2=O)cc(OC)c1OC. The molecule has 1 aromatic heterocycles. The van der Waals surface area contributed by atoms with Crippen LogP contribution in [0.15, 0.2) is 41.2 Å². The van der Waals surface area contributed by atoms with E-state index in [0.29, 0.717) is 34.9 Å². The molecule has 3 rings (SSSR count). The normalized spacial score (nSPS) is 10.6. The van der Waals surface area contributed by atoms with Crippen molar-refractivity contribution in [2.24, 2.45) is 0 Å². The molecule has 0 aliphatic carbocycles. The lowest BCUT2D eigenvalue weighted by Crippen LogP contribution is -2.17. The van der Waals surface area contributed by atoms with Crippen LogP contribution in [0.4, 0.5) is 5.69 Å². The maximum Gasteiger partial charge on any atom is 0.251 e. The van der Waals surface area contributed by atoms with Crippen molar-refractivity contribution in [1.29, 1.82) is 0 Å². The Labute approximate surface area is 168 Å². The fourth-order valence-corrected chi connectivity index (χ4v) is 3.17. The highest BCUT2D eigenvalue weighted by Crippen LogP contribution is 2.39. The molecule has 0 atom stereocenters. The Kier molecular flexibility index (Phi) is 6.07. The molecule has 0 bridgehead atoms. The van der Waals surface area contributed by atoms with Crippen LogP contribution in [0.5, 0.6) is 17.2 Å². The molecule has 2 N–H and O–H groups in total. The molecule has 0 aliphatic rings. The number of fused-ring (bicyclic) bond motifs is 1. The van der Waals surface area contributed by atoms with Gasteiger partial charge >= 0.3 is 0 Å². The maximum atomic E-state index is 12.4. The van der Waals surface area contributed by atoms with Gasteiger partial charge in [-0.15, -0.1) is 0 Å². The topological polar surface area (TPSA) is 89.7 Å². The minimum atomic E-state index is -0.220. The number of aryl methyl sites for hydroxylation is 2. The average Bonchev–Trinajstić information content (AvgIpc) is 2.71. The van der Waals surface area contributed by atoms with Crippen LogP contribution in [0, 0.1) is 6.92 Å². The van der Waals surface area contributed by atoms with E-state index in [4.69, 9.17) is 14.2 Å². The van der Waals surface area contributed by atoms with E-state index < -0.39 is 0 Å². The number of carbonyl (C=O) groups is 1. The van der Waals surface area contributed by atoms with Crippen LogP contribution in [0.3, 0.4) is 0 Å². The van der Waals surface area contributed by atoms with Gasteiger partial charge < -0.3 is 24.5 Å². The molecule has 7 heteroatoms. The number of aromatic amines is 1. The summed E-state index contributed by atoms with van der Waals surface area (Å²) < 4.78 is 15.9. The molecule has 0 saturated carbocycles. The van der Waals surface area contributed by atoms with E-state index in [1.165, 1.54) is 21.3 Å². The summed E-state index contributed by atoms with van der Waals surface area (Å²) in [5.74, 6) is 1.13. The first-order valence-corrected chi connectivity index (χ1v) is 9.17. The number of amides is 1. The zero-order valence-corrected chi connectivity index (χ0v) is 16.9. The van der Waals surface area contributed by atoms with E-state index in [1.807, 2.05) is 31.2 Å². The molecule has 29 heavy (non-hydrogen) atoms. The van der Waals surface area contributed by atoms with E-state index in [0.717, 1.165) is 16.5 Å². The van der Waals surface area contributed by atoms with Crippen LogP contribution in [0.2, 0.25) is 0 Å². The summed E-state index contributed by atoms with van der Waals surface area (Å²) in [6.07, 6.45) is 0.493. The number of carbonyl (C=O) groups excluding carboxylic acids is 1. The van der Waals surface area contributed by atoms with Gasteiger partial charge in [-0.05, 0) is 36.4 Å². The highest BCUT2D eigenvalue weighted by molar-refractivity contribution is 5.91. The van der Waals surface area contributed by atoms with Crippen molar-refractivity contribution in [3.05, 3.63) is 57.9 Å². The first kappa shape index (κ1) is 20.3. The molecule has 0 saturated heterocycles. The van der Waals surface area contributed by atoms with Gasteiger partial charge in [0.15, 0.2) is 11.5 Å². The molecule has 0 aliphatic heterocycles. The fourth-order valence-electron chi connectivity index (χ4n) is 3.17. The highest BCUT2D eigenvalue weighted by Gasteiger charge is 2.15. The van der Waals surface area contributed by atoms with E-state index in [9.17, 15) is 9.59 Å². The standard InChI is InChI=1S/C22H24N2O5/c1-13-5-6-14-10-15(22(26)24-17(14)9-13)7-8-20(25)23-16-11-18(27-2)21(29-4)19(12-16)28-3/h5-6,9-12H,7-8H2,1-4H3,(H,23,25)(H,24,26). The lowest BCUT2D eigenvalue weighted by atomic mass is 10.1. The Hall–Kier alpha value is -3.48. The van der Waals surface area contributed by atoms with Crippen molar-refractivity contribution in [1.82, 2.24) is 4.98 Å². The number of H-pyrrole nitrogens is 1. The minimum absolute atomic E-state index is 0.164. The van der Waals surface area contributed by atoms with E-state index in [1.54, 1.807) is 12.1 Å². The largest absolute Gasteiger partial charge is 0.493 e. The summed E-state index contributed by atoms with van der Waals surface area (Å²) in [7, 11) is 4.54. The monoisotopic (exact) mass is 396 g/mol. The van der Waals surface area contributed by atoms with Gasteiger partial charge in [0, 0.05) is 35.3 Å². The highest BCUT2D eigenvalue weighted by atomic mass is 16.5. The zero-order chi connectivity index (χ0) is 21.0. The third-order valence-corrected chi connectivity index (χ3v) is 4.65. The van der Waals surface area contributed by atoms with Gasteiger partial charge in [0.1, 0.15) is 0 Å². The zero-order valence-electron chi connectivity index (χ0n) is 16.9. The number of benzene rings is 2. The van der Waals surface area contributed by atoms with Gasteiger partial charge in [0.25, 0.3) is 5.56 Å². The molecule has 0 spiro atoms. The number of rotatable bonds is 7. The molecular weight excluding hydrogens is 372 g/mol. The summed E-state index contributed by atoms with van der Waals surface area (Å²) >= 11 is 0. The van der Waals surface area contributed by atoms with Crippen molar-refractivity contribution in [2.45, 2.75) is 19.8 Å². The minimum Gasteiger partial charge on any atom is -0.493 e. The summed E-state index contributed by atoms with van der Waals surface area (Å²) in [4.78, 5) is 27.6. The quantitative estimate of drug-likeness (QED) is 0.639. The molecular formula is C22H24N2O5. The van der Waals surface area contributed by atoms with Crippen LogP contribution in [0.1, 0.15) is 17.5 Å². The number of anilines is 1. The van der Waals surface area contributed by atoms with Crippen LogP contribution >= 0.6 is 0 Å². The molecule has 1 amide bonds. The summed E-state index contributed by atoms with van der Waals surface area (Å²) in [6.45, 7) is 1.97. The Morgan fingerprint density at radius 3 is 2.31 bits per heavy atom. The predicted octanol–water partition coefficient (Wildman–Crippen LogP) is 3.43. The number of aromatic nitrogens is 1. The van der Waals surface area contributed by atoms with E-state index in [2.05, 4.69) is 10.3 Å². The van der Waals surface area contributed by atoms with E-state index >= 15 is 0 Å². The lowest BCUT2D eigenvalue weighted by Gasteiger charge is -2.14. The lowest BCUT2D eigenvalue weighted by molar-refractivity contribution is -0.116. The van der Waals surface area contributed by atoms with E-state index in [-0.39, 0.29) is 17.9 Å². The Balaban J connectivity index is 1.73. The van der Waals surface area contributed by atoms with Crippen LogP contribution in [-0.2, 0) is 11.2 Å². The van der Waals surface area contributed by atoms with Gasteiger partial charge in [0.2, 0.25) is 11.7 Å². The van der Waals surface area contributed by atoms with Crippen molar-refractivity contribution in [3.8, 4) is 17.2 Å². The summed E-state index contributed by atoms with van der Waals surface area (Å²) in [5.41, 5.74) is 2.78. The summed E-state index contributed by atoms with van der Waals surface area (Å²) in [5, 5.41) is 3.75. The second-order valence-corrected chi connectivity index (χ2v) is 6.68. The van der Waals surface area contributed by atoms with Crippen LogP contribution < -0.4 is 25.1 Å². The predicted molar refractivity (Wildman–Crippen MR) is 112 cm³/mol. The molecule has 2 aromatic carbocycles. The smallest absolute Gasteiger partial charge is 0.251 e. The Morgan fingerprint density at radius 2 is 1.69 bits per heavy atom. The van der Waals surface area contributed by atoms with Crippen molar-refractivity contribution < 1.29 is 19.0 Å². The Morgan fingerprint density at radius 1 is 1.00 bits per heavy atom. The van der Waals surface area contributed by atoms with Gasteiger partial charge in [0.05, 0.1) is 21.3 Å². The number of hydrogen-bond acceptors (Lipinski definition) is 5. The fraction of sp³-hybridized carbons (Fsp3) is 0.273. The second kappa shape index (κ2) is 8.68. The number of methoxy groups -OCH3 is 3. The molecule has 7 nitrogen and oxygen atoms in total. The van der Waals surface area contributed by atoms with Crippen LogP contribution in [-0.4, -0.2) is 32.2 Å². The molecule has 0 radical (unpaired) electrons. The van der Waals surface area contributed by atoms with Gasteiger partial charge in [-0.3, -0.25) is 9.59 Å². The number of ether oxygens (including phenoxy) is 3. The van der Waals surface area contributed by atoms with Crippen molar-refractivity contribution in [2.75, 3.05) is 26.6 Å². The molecule has 0 fully saturated rings. The van der Waals surface area contributed by atoms with Crippen LogP contribution in [0.25, 0.3) is 10.9 Å². The third-order valence-electron chi connectivity index (χ3n) is 4.65. The van der Waals surface area contributed by atoms with Gasteiger partial charge in [-0.2, -0.15) is 0 Å². The first-order chi connectivity index (χ1) is 13.9. The molecule has 152 valence electrons. The average molecular weight is 396 g/mol. The second-order valence-electron chi connectivity index (χ2n) is 6.68. The Bertz CT molecular complexity index is 1080. The third kappa shape index (κ3) is 4.51. The first-order valence-electron chi connectivity index (χ1n) is 9.17. The molecule has 3 aromatic rings. The number of hydrogen-bond donors (Lipinski definition) is 2. The molecule has 1 heterocycles. The molecule has 0 unspecified atom stereocenters. The van der Waals surface area contributed by atoms with Crippen molar-refractivity contribution >= 4 is 22.5 Å². The maximum absolute atomic E-state index is 12.4. The van der Waals surface area contributed by atoms with Gasteiger partial charge in [-0.1, -0.05) is 12.1 Å².